The van der Waals surface area contributed by atoms with Crippen LogP contribution in [0.3, 0.4) is 0 Å². The second kappa shape index (κ2) is 7.74. The minimum Gasteiger partial charge on any atom is -0.497 e. The third-order valence-corrected chi connectivity index (χ3v) is 4.89. The van der Waals surface area contributed by atoms with Crippen molar-refractivity contribution in [1.29, 1.82) is 0 Å². The van der Waals surface area contributed by atoms with E-state index in [1.807, 2.05) is 18.2 Å². The van der Waals surface area contributed by atoms with Gasteiger partial charge in [-0.2, -0.15) is 0 Å². The lowest BCUT2D eigenvalue weighted by Gasteiger charge is -2.31. The molecule has 0 aliphatic carbocycles. The van der Waals surface area contributed by atoms with E-state index in [-0.39, 0.29) is 24.4 Å². The van der Waals surface area contributed by atoms with Crippen LogP contribution in [0.2, 0.25) is 0 Å². The number of nitrogens with one attached hydrogen (secondary N) is 1. The molecule has 0 aromatic heterocycles. The molecule has 0 bridgehead atoms. The van der Waals surface area contributed by atoms with Crippen molar-refractivity contribution in [2.75, 3.05) is 46.9 Å². The minimum atomic E-state index is -0.0907. The van der Waals surface area contributed by atoms with E-state index in [1.165, 1.54) is 0 Å². The van der Waals surface area contributed by atoms with E-state index >= 15 is 0 Å². The molecule has 1 aromatic carbocycles. The van der Waals surface area contributed by atoms with Crippen molar-refractivity contribution in [1.82, 2.24) is 15.1 Å². The van der Waals surface area contributed by atoms with Gasteiger partial charge in [-0.3, -0.25) is 14.5 Å². The molecule has 7 nitrogen and oxygen atoms in total. The Morgan fingerprint density at radius 2 is 2.12 bits per heavy atom. The zero-order chi connectivity index (χ0) is 17.8. The van der Waals surface area contributed by atoms with E-state index in [0.29, 0.717) is 19.6 Å². The first-order valence-electron chi connectivity index (χ1n) is 8.63. The van der Waals surface area contributed by atoms with Crippen LogP contribution in [0.4, 0.5) is 0 Å². The van der Waals surface area contributed by atoms with Crippen molar-refractivity contribution in [3.05, 3.63) is 23.8 Å². The molecule has 136 valence electrons. The monoisotopic (exact) mass is 347 g/mol. The predicted molar refractivity (Wildman–Crippen MR) is 92.7 cm³/mol. The molecular weight excluding hydrogens is 322 g/mol. The third kappa shape index (κ3) is 3.87. The number of rotatable bonds is 5. The lowest BCUT2D eigenvalue weighted by molar-refractivity contribution is -0.139. The van der Waals surface area contributed by atoms with Gasteiger partial charge in [0.2, 0.25) is 11.8 Å². The number of benzene rings is 1. The Morgan fingerprint density at radius 3 is 2.84 bits per heavy atom. The topological polar surface area (TPSA) is 71.1 Å². The summed E-state index contributed by atoms with van der Waals surface area (Å²) < 4.78 is 10.9. The van der Waals surface area contributed by atoms with Crippen LogP contribution in [-0.2, 0) is 9.59 Å². The first-order valence-corrected chi connectivity index (χ1v) is 8.63. The molecule has 2 aliphatic rings. The maximum absolute atomic E-state index is 12.6. The van der Waals surface area contributed by atoms with Gasteiger partial charge in [-0.25, -0.2) is 0 Å². The molecule has 0 saturated carbocycles. The molecule has 1 aromatic rings. The average Bonchev–Trinajstić information content (AvgIpc) is 3.09. The van der Waals surface area contributed by atoms with E-state index in [9.17, 15) is 9.59 Å². The van der Waals surface area contributed by atoms with E-state index in [1.54, 1.807) is 19.1 Å². The Labute approximate surface area is 147 Å². The van der Waals surface area contributed by atoms with Gasteiger partial charge in [-0.15, -0.1) is 0 Å². The second-order valence-corrected chi connectivity index (χ2v) is 6.40. The van der Waals surface area contributed by atoms with Gasteiger partial charge in [0, 0.05) is 24.7 Å². The molecule has 2 saturated heterocycles. The van der Waals surface area contributed by atoms with Crippen molar-refractivity contribution in [2.45, 2.75) is 18.9 Å². The molecule has 1 atom stereocenters. The Bertz CT molecular complexity index is 649. The molecule has 0 spiro atoms. The highest BCUT2D eigenvalue weighted by Gasteiger charge is 2.32. The lowest BCUT2D eigenvalue weighted by Crippen LogP contribution is -2.52. The van der Waals surface area contributed by atoms with E-state index in [2.05, 4.69) is 10.2 Å². The van der Waals surface area contributed by atoms with Crippen LogP contribution in [-0.4, -0.2) is 68.6 Å². The molecule has 0 unspecified atom stereocenters. The first kappa shape index (κ1) is 17.5. The summed E-state index contributed by atoms with van der Waals surface area (Å²) in [6.07, 6.45) is 2.00. The quantitative estimate of drug-likeness (QED) is 0.853. The summed E-state index contributed by atoms with van der Waals surface area (Å²) in [6.45, 7) is 2.43. The molecule has 2 fully saturated rings. The van der Waals surface area contributed by atoms with Crippen molar-refractivity contribution in [3.8, 4) is 11.5 Å². The van der Waals surface area contributed by atoms with Gasteiger partial charge >= 0.3 is 0 Å². The standard InChI is InChI=1S/C18H25N3O4/c1-24-13-5-6-16(25-2)14(10-13)15-4-3-8-20(15)12-18(23)21-9-7-19-17(22)11-21/h5-6,10,15H,3-4,7-9,11-12H2,1-2H3,(H,19,22)/t15-/m1/s1. The SMILES string of the molecule is COc1ccc(OC)c([C@H]2CCCN2CC(=O)N2CCNC(=O)C2)c1. The van der Waals surface area contributed by atoms with Crippen LogP contribution in [0, 0.1) is 0 Å². The summed E-state index contributed by atoms with van der Waals surface area (Å²) in [4.78, 5) is 27.9. The van der Waals surface area contributed by atoms with E-state index in [4.69, 9.17) is 9.47 Å². The summed E-state index contributed by atoms with van der Waals surface area (Å²) >= 11 is 0. The Balaban J connectivity index is 1.74. The van der Waals surface area contributed by atoms with Crippen molar-refractivity contribution in [2.24, 2.45) is 0 Å². The number of carbonyl (C=O) groups is 2. The van der Waals surface area contributed by atoms with Crippen LogP contribution in [0.15, 0.2) is 18.2 Å². The summed E-state index contributed by atoms with van der Waals surface area (Å²) in [5.74, 6) is 1.50. The number of ether oxygens (including phenoxy) is 2. The number of hydrogen-bond donors (Lipinski definition) is 1. The molecule has 7 heteroatoms. The average molecular weight is 347 g/mol. The van der Waals surface area contributed by atoms with Crippen LogP contribution in [0.5, 0.6) is 11.5 Å². The largest absolute Gasteiger partial charge is 0.497 e. The van der Waals surface area contributed by atoms with Gasteiger partial charge in [0.25, 0.3) is 0 Å². The van der Waals surface area contributed by atoms with Gasteiger partial charge in [0.05, 0.1) is 27.3 Å². The van der Waals surface area contributed by atoms with Crippen LogP contribution in [0.1, 0.15) is 24.4 Å². The number of hydrogen-bond acceptors (Lipinski definition) is 5. The third-order valence-electron chi connectivity index (χ3n) is 4.89. The molecule has 1 N–H and O–H groups in total. The maximum Gasteiger partial charge on any atom is 0.239 e. The van der Waals surface area contributed by atoms with Crippen LogP contribution < -0.4 is 14.8 Å². The van der Waals surface area contributed by atoms with Gasteiger partial charge in [-0.05, 0) is 37.6 Å². The number of carbonyl (C=O) groups excluding carboxylic acids is 2. The van der Waals surface area contributed by atoms with Crippen molar-refractivity contribution in [3.63, 3.8) is 0 Å². The van der Waals surface area contributed by atoms with Gasteiger partial charge in [0.15, 0.2) is 0 Å². The molecule has 2 aliphatic heterocycles. The fraction of sp³-hybridized carbons (Fsp3) is 0.556. The highest BCUT2D eigenvalue weighted by atomic mass is 16.5. The Kier molecular flexibility index (Phi) is 5.43. The number of piperazine rings is 1. The maximum atomic E-state index is 12.6. The number of amides is 2. The van der Waals surface area contributed by atoms with Gasteiger partial charge < -0.3 is 19.7 Å². The molecule has 0 radical (unpaired) electrons. The Hall–Kier alpha value is -2.28. The zero-order valence-electron chi connectivity index (χ0n) is 14.8. The summed E-state index contributed by atoms with van der Waals surface area (Å²) in [5, 5.41) is 2.75. The van der Waals surface area contributed by atoms with Gasteiger partial charge in [-0.1, -0.05) is 0 Å². The summed E-state index contributed by atoms with van der Waals surface area (Å²) in [6, 6.07) is 5.88. The fourth-order valence-corrected chi connectivity index (χ4v) is 3.59. The molecular formula is C18H25N3O4. The lowest BCUT2D eigenvalue weighted by atomic mass is 10.0. The number of methoxy groups -OCH3 is 2. The number of likely N-dealkylation sites (tertiary alicyclic amines) is 1. The molecule has 2 amide bonds. The minimum absolute atomic E-state index is 0.00335. The fourth-order valence-electron chi connectivity index (χ4n) is 3.59. The van der Waals surface area contributed by atoms with E-state index in [0.717, 1.165) is 36.4 Å². The number of nitrogens with zero attached hydrogens (tertiary/aromatic N) is 2. The summed E-state index contributed by atoms with van der Waals surface area (Å²) in [5.41, 5.74) is 1.04. The summed E-state index contributed by atoms with van der Waals surface area (Å²) in [7, 11) is 3.30. The Morgan fingerprint density at radius 1 is 1.28 bits per heavy atom. The highest BCUT2D eigenvalue weighted by molar-refractivity contribution is 5.86. The van der Waals surface area contributed by atoms with E-state index < -0.39 is 0 Å². The van der Waals surface area contributed by atoms with Crippen molar-refractivity contribution < 1.29 is 19.1 Å². The van der Waals surface area contributed by atoms with Gasteiger partial charge in [0.1, 0.15) is 11.5 Å². The second-order valence-electron chi connectivity index (χ2n) is 6.40. The zero-order valence-corrected chi connectivity index (χ0v) is 14.8. The van der Waals surface area contributed by atoms with Crippen LogP contribution >= 0.6 is 0 Å². The predicted octanol–water partition coefficient (Wildman–Crippen LogP) is 0.799. The van der Waals surface area contributed by atoms with Crippen LogP contribution in [0.25, 0.3) is 0 Å². The van der Waals surface area contributed by atoms with Crippen molar-refractivity contribution >= 4 is 11.8 Å². The molecule has 2 heterocycles. The molecule has 25 heavy (non-hydrogen) atoms. The smallest absolute Gasteiger partial charge is 0.239 e. The normalized spacial score (nSPS) is 21.1. The highest BCUT2D eigenvalue weighted by Crippen LogP contribution is 2.38. The first-order chi connectivity index (χ1) is 12.1. The molecule has 3 rings (SSSR count).